The number of ether oxygens (including phenoxy) is 1. The van der Waals surface area contributed by atoms with Crippen molar-refractivity contribution in [2.24, 2.45) is 5.73 Å². The van der Waals surface area contributed by atoms with Gasteiger partial charge in [0, 0.05) is 17.0 Å². The lowest BCUT2D eigenvalue weighted by molar-refractivity contribution is 0.0947. The van der Waals surface area contributed by atoms with Crippen molar-refractivity contribution in [3.8, 4) is 5.75 Å². The Morgan fingerprint density at radius 1 is 1.56 bits per heavy atom. The first-order valence-electron chi connectivity index (χ1n) is 5.16. The summed E-state index contributed by atoms with van der Waals surface area (Å²) in [5.74, 6) is 0.430. The van der Waals surface area contributed by atoms with E-state index in [2.05, 4.69) is 21.2 Å². The van der Waals surface area contributed by atoms with Crippen LogP contribution in [0.5, 0.6) is 5.75 Å². The van der Waals surface area contributed by atoms with Crippen LogP contribution in [0.4, 0.5) is 0 Å². The molecule has 1 heterocycles. The molecule has 0 unspecified atom stereocenters. The molecule has 1 aromatic heterocycles. The molecule has 0 radical (unpaired) electrons. The second-order valence-corrected chi connectivity index (χ2v) is 6.52. The van der Waals surface area contributed by atoms with Crippen LogP contribution < -0.4 is 15.8 Å². The number of carbonyl (C=O) groups is 1. The number of amides is 1. The quantitative estimate of drug-likeness (QED) is 0.871. The highest BCUT2D eigenvalue weighted by atomic mass is 79.9. The fourth-order valence-electron chi connectivity index (χ4n) is 1.22. The van der Waals surface area contributed by atoms with E-state index in [4.69, 9.17) is 10.5 Å². The smallest absolute Gasteiger partial charge is 0.265 e. The molecule has 1 amide bonds. The van der Waals surface area contributed by atoms with Gasteiger partial charge >= 0.3 is 0 Å². The van der Waals surface area contributed by atoms with E-state index in [1.54, 1.807) is 7.11 Å². The van der Waals surface area contributed by atoms with Crippen molar-refractivity contribution in [3.63, 3.8) is 0 Å². The van der Waals surface area contributed by atoms with Crippen molar-refractivity contribution in [2.75, 3.05) is 13.7 Å². The average molecular weight is 358 g/mol. The molecule has 0 saturated carbocycles. The third-order valence-electron chi connectivity index (χ3n) is 2.08. The van der Waals surface area contributed by atoms with Gasteiger partial charge in [-0.1, -0.05) is 0 Å². The molecular weight excluding hydrogens is 340 g/mol. The number of thiophene rings is 1. The van der Waals surface area contributed by atoms with Crippen molar-refractivity contribution in [1.29, 1.82) is 0 Å². The van der Waals surface area contributed by atoms with Gasteiger partial charge in [0.2, 0.25) is 0 Å². The normalized spacial score (nSPS) is 10.8. The largest absolute Gasteiger partial charge is 0.494 e. The van der Waals surface area contributed by atoms with Crippen LogP contribution in [0.2, 0.25) is 0 Å². The number of nitrogens with two attached hydrogens (primary N) is 1. The Balaban J connectivity index is 0.00000289. The van der Waals surface area contributed by atoms with Gasteiger partial charge in [-0.2, -0.15) is 0 Å². The molecular formula is C11H18BrClN2O2S. The number of halogens is 2. The molecule has 0 aromatic carbocycles. The third-order valence-corrected chi connectivity index (χ3v) is 4.39. The number of nitrogens with one attached hydrogen (secondary N) is 1. The van der Waals surface area contributed by atoms with E-state index in [1.807, 2.05) is 20.8 Å². The van der Waals surface area contributed by atoms with E-state index in [-0.39, 0.29) is 18.3 Å². The number of methoxy groups -OCH3 is 1. The predicted molar refractivity (Wildman–Crippen MR) is 81.2 cm³/mol. The van der Waals surface area contributed by atoms with Crippen molar-refractivity contribution >= 4 is 45.6 Å². The Kier molecular flexibility index (Phi) is 6.63. The fourth-order valence-corrected chi connectivity index (χ4v) is 2.89. The number of hydrogen-bond donors (Lipinski definition) is 2. The summed E-state index contributed by atoms with van der Waals surface area (Å²) < 4.78 is 6.06. The van der Waals surface area contributed by atoms with Crippen LogP contribution in [0.25, 0.3) is 0 Å². The van der Waals surface area contributed by atoms with Gasteiger partial charge in [0.05, 0.1) is 11.6 Å². The molecule has 3 N–H and O–H groups in total. The summed E-state index contributed by atoms with van der Waals surface area (Å²) in [6, 6.07) is 0. The number of carbonyl (C=O) groups excluding carboxylic acids is 1. The first-order chi connectivity index (χ1) is 7.76. The van der Waals surface area contributed by atoms with Gasteiger partial charge in [-0.15, -0.1) is 23.7 Å². The summed E-state index contributed by atoms with van der Waals surface area (Å²) in [6.45, 7) is 6.07. The van der Waals surface area contributed by atoms with Crippen molar-refractivity contribution < 1.29 is 9.53 Å². The highest BCUT2D eigenvalue weighted by Gasteiger charge is 2.21. The molecule has 0 fully saturated rings. The summed E-state index contributed by atoms with van der Waals surface area (Å²) in [4.78, 5) is 13.6. The highest BCUT2D eigenvalue weighted by Crippen LogP contribution is 2.38. The molecule has 18 heavy (non-hydrogen) atoms. The van der Waals surface area contributed by atoms with Crippen LogP contribution in [-0.2, 0) is 0 Å². The monoisotopic (exact) mass is 356 g/mol. The lowest BCUT2D eigenvalue weighted by Gasteiger charge is -2.18. The molecule has 104 valence electrons. The van der Waals surface area contributed by atoms with Crippen molar-refractivity contribution in [2.45, 2.75) is 26.3 Å². The predicted octanol–water partition coefficient (Wildman–Crippen LogP) is 2.72. The Labute approximate surface area is 126 Å². The maximum absolute atomic E-state index is 12.0. The van der Waals surface area contributed by atoms with Crippen molar-refractivity contribution in [1.82, 2.24) is 5.32 Å². The molecule has 0 aliphatic heterocycles. The minimum absolute atomic E-state index is 0. The van der Waals surface area contributed by atoms with Gasteiger partial charge in [0.15, 0.2) is 5.75 Å². The zero-order chi connectivity index (χ0) is 13.2. The number of hydrogen-bond acceptors (Lipinski definition) is 4. The molecule has 0 spiro atoms. The highest BCUT2D eigenvalue weighted by molar-refractivity contribution is 9.10. The van der Waals surface area contributed by atoms with E-state index in [1.165, 1.54) is 11.3 Å². The van der Waals surface area contributed by atoms with E-state index in [0.29, 0.717) is 17.2 Å². The second-order valence-electron chi connectivity index (χ2n) is 4.51. The Bertz CT molecular complexity index is 429. The topological polar surface area (TPSA) is 64.3 Å². The van der Waals surface area contributed by atoms with E-state index < -0.39 is 5.54 Å². The summed E-state index contributed by atoms with van der Waals surface area (Å²) in [5.41, 5.74) is 5.39. The standard InChI is InChI=1S/C11H17BrN2O2S.ClH/c1-6-7(12)8(16-4)9(17-6)10(15)14-5-11(2,3)13;/h5,13H2,1-4H3,(H,14,15);1H. The first kappa shape index (κ1) is 17.7. The SMILES string of the molecule is COc1c(C(=O)NCC(C)(C)N)sc(C)c1Br.Cl. The molecule has 0 aliphatic carbocycles. The molecule has 1 aromatic rings. The van der Waals surface area contributed by atoms with Gasteiger partial charge in [-0.3, -0.25) is 4.79 Å². The minimum Gasteiger partial charge on any atom is -0.494 e. The molecule has 0 bridgehead atoms. The molecule has 0 atom stereocenters. The van der Waals surface area contributed by atoms with Crippen LogP contribution >= 0.6 is 39.7 Å². The molecule has 0 saturated heterocycles. The van der Waals surface area contributed by atoms with E-state index in [9.17, 15) is 4.79 Å². The number of aryl methyl sites for hydroxylation is 1. The molecule has 0 aliphatic rings. The van der Waals surface area contributed by atoms with Gasteiger partial charge in [0.25, 0.3) is 5.91 Å². The molecule has 7 heteroatoms. The van der Waals surface area contributed by atoms with Crippen LogP contribution in [0.1, 0.15) is 28.4 Å². The van der Waals surface area contributed by atoms with Crippen LogP contribution in [0.3, 0.4) is 0 Å². The Hall–Kier alpha value is -0.300. The Morgan fingerprint density at radius 3 is 2.56 bits per heavy atom. The van der Waals surface area contributed by atoms with Gasteiger partial charge in [-0.05, 0) is 36.7 Å². The lowest BCUT2D eigenvalue weighted by atomic mass is 10.1. The maximum Gasteiger partial charge on any atom is 0.265 e. The van der Waals surface area contributed by atoms with E-state index >= 15 is 0 Å². The van der Waals surface area contributed by atoms with Gasteiger partial charge in [0.1, 0.15) is 4.88 Å². The van der Waals surface area contributed by atoms with Crippen LogP contribution in [0.15, 0.2) is 4.47 Å². The zero-order valence-electron chi connectivity index (χ0n) is 10.8. The minimum atomic E-state index is -0.424. The van der Waals surface area contributed by atoms with E-state index in [0.717, 1.165) is 9.35 Å². The fraction of sp³-hybridized carbons (Fsp3) is 0.545. The first-order valence-corrected chi connectivity index (χ1v) is 6.77. The molecule has 4 nitrogen and oxygen atoms in total. The Morgan fingerprint density at radius 2 is 2.11 bits per heavy atom. The average Bonchev–Trinajstić information content (AvgIpc) is 2.51. The summed E-state index contributed by atoms with van der Waals surface area (Å²) in [7, 11) is 1.55. The van der Waals surface area contributed by atoms with Gasteiger partial charge < -0.3 is 15.8 Å². The van der Waals surface area contributed by atoms with Crippen LogP contribution in [0, 0.1) is 6.92 Å². The summed E-state index contributed by atoms with van der Waals surface area (Å²) in [6.07, 6.45) is 0. The summed E-state index contributed by atoms with van der Waals surface area (Å²) in [5, 5.41) is 2.80. The number of rotatable bonds is 4. The van der Waals surface area contributed by atoms with Crippen molar-refractivity contribution in [3.05, 3.63) is 14.2 Å². The van der Waals surface area contributed by atoms with Crippen LogP contribution in [-0.4, -0.2) is 25.1 Å². The second kappa shape index (κ2) is 6.75. The third kappa shape index (κ3) is 4.42. The zero-order valence-corrected chi connectivity index (χ0v) is 14.0. The van der Waals surface area contributed by atoms with Gasteiger partial charge in [-0.25, -0.2) is 0 Å². The maximum atomic E-state index is 12.0. The molecule has 1 rings (SSSR count). The summed E-state index contributed by atoms with van der Waals surface area (Å²) >= 11 is 4.80. The lowest BCUT2D eigenvalue weighted by Crippen LogP contribution is -2.45.